The number of fused-ring (bicyclic) bond motifs is 1. The van der Waals surface area contributed by atoms with Gasteiger partial charge in [0.1, 0.15) is 30.0 Å². The van der Waals surface area contributed by atoms with Crippen LogP contribution in [0.3, 0.4) is 0 Å². The van der Waals surface area contributed by atoms with Crippen molar-refractivity contribution in [2.75, 3.05) is 19.8 Å². The lowest BCUT2D eigenvalue weighted by Gasteiger charge is -2.15. The average molecular weight is 440 g/mol. The number of rotatable bonds is 10. The first-order chi connectivity index (χ1) is 15.4. The topological polar surface area (TPSA) is 84.2 Å². The van der Waals surface area contributed by atoms with Gasteiger partial charge in [-0.3, -0.25) is 4.79 Å². The van der Waals surface area contributed by atoms with Crippen molar-refractivity contribution < 1.29 is 28.2 Å². The van der Waals surface area contributed by atoms with Gasteiger partial charge in [-0.05, 0) is 43.5 Å². The Kier molecular flexibility index (Phi) is 7.89. The van der Waals surface area contributed by atoms with Crippen LogP contribution in [-0.2, 0) is 14.3 Å². The minimum absolute atomic E-state index is 0.102. The normalized spacial score (nSPS) is 12.0. The molecule has 1 aromatic heterocycles. The molecule has 1 heterocycles. The molecule has 7 nitrogen and oxygen atoms in total. The van der Waals surface area contributed by atoms with E-state index in [1.165, 1.54) is 6.26 Å². The maximum absolute atomic E-state index is 12.9. The van der Waals surface area contributed by atoms with Crippen LogP contribution in [0.2, 0.25) is 0 Å². The van der Waals surface area contributed by atoms with Crippen LogP contribution in [0.25, 0.3) is 11.0 Å². The van der Waals surface area contributed by atoms with Crippen LogP contribution in [0.4, 0.5) is 0 Å². The highest BCUT2D eigenvalue weighted by atomic mass is 16.6. The third kappa shape index (κ3) is 5.68. The molecule has 0 bridgehead atoms. The number of benzene rings is 2. The summed E-state index contributed by atoms with van der Waals surface area (Å²) in [4.78, 5) is 24.9. The molecular weight excluding hydrogens is 412 g/mol. The Bertz CT molecular complexity index is 1120. The van der Waals surface area contributed by atoms with Crippen molar-refractivity contribution in [2.45, 2.75) is 39.7 Å². The van der Waals surface area contributed by atoms with Crippen molar-refractivity contribution in [2.24, 2.45) is 0 Å². The van der Waals surface area contributed by atoms with Crippen LogP contribution in [-0.4, -0.2) is 31.9 Å². The summed E-state index contributed by atoms with van der Waals surface area (Å²) in [5, 5.41) is 0.351. The van der Waals surface area contributed by atoms with Gasteiger partial charge < -0.3 is 23.4 Å². The maximum atomic E-state index is 12.9. The van der Waals surface area contributed by atoms with Crippen molar-refractivity contribution in [1.29, 1.82) is 0 Å². The highest BCUT2D eigenvalue weighted by molar-refractivity contribution is 5.79. The Hall–Kier alpha value is -3.32. The average Bonchev–Trinajstić information content (AvgIpc) is 2.78. The van der Waals surface area contributed by atoms with E-state index in [4.69, 9.17) is 23.4 Å². The van der Waals surface area contributed by atoms with Crippen molar-refractivity contribution in [3.05, 3.63) is 64.5 Å². The zero-order chi connectivity index (χ0) is 23.1. The molecule has 1 atom stereocenters. The molecule has 170 valence electrons. The second-order valence-electron chi connectivity index (χ2n) is 7.51. The van der Waals surface area contributed by atoms with Crippen LogP contribution in [0.1, 0.15) is 39.2 Å². The second kappa shape index (κ2) is 10.8. The summed E-state index contributed by atoms with van der Waals surface area (Å²) >= 11 is 0. The van der Waals surface area contributed by atoms with Gasteiger partial charge in [-0.1, -0.05) is 32.0 Å². The molecule has 3 rings (SSSR count). The number of hydrogen-bond acceptors (Lipinski definition) is 7. The number of para-hydroxylation sites is 1. The number of hydrogen-bond donors (Lipinski definition) is 0. The molecule has 0 saturated heterocycles. The lowest BCUT2D eigenvalue weighted by Crippen LogP contribution is -2.27. The lowest BCUT2D eigenvalue weighted by atomic mass is 10.0. The molecule has 0 radical (unpaired) electrons. The molecule has 0 amide bonds. The van der Waals surface area contributed by atoms with E-state index in [0.717, 1.165) is 5.56 Å². The van der Waals surface area contributed by atoms with E-state index in [2.05, 4.69) is 13.8 Å². The predicted octanol–water partition coefficient (Wildman–Crippen LogP) is 5.06. The molecular formula is C25H28O7. The van der Waals surface area contributed by atoms with Crippen molar-refractivity contribution in [1.82, 2.24) is 0 Å². The van der Waals surface area contributed by atoms with Gasteiger partial charge in [0.2, 0.25) is 11.2 Å². The van der Waals surface area contributed by atoms with Gasteiger partial charge >= 0.3 is 5.97 Å². The Morgan fingerprint density at radius 3 is 2.56 bits per heavy atom. The quantitative estimate of drug-likeness (QED) is 0.322. The number of carbonyl (C=O) groups is 1. The first kappa shape index (κ1) is 23.3. The van der Waals surface area contributed by atoms with Gasteiger partial charge in [-0.15, -0.1) is 0 Å². The van der Waals surface area contributed by atoms with Crippen LogP contribution >= 0.6 is 0 Å². The zero-order valence-electron chi connectivity index (χ0n) is 18.8. The molecule has 0 saturated carbocycles. The number of esters is 1. The van der Waals surface area contributed by atoms with E-state index < -0.39 is 12.1 Å². The van der Waals surface area contributed by atoms with E-state index in [9.17, 15) is 9.59 Å². The Labute approximate surface area is 186 Å². The molecule has 0 aliphatic rings. The van der Waals surface area contributed by atoms with Gasteiger partial charge in [0.05, 0.1) is 12.0 Å². The van der Waals surface area contributed by atoms with Crippen molar-refractivity contribution >= 4 is 16.9 Å². The number of ether oxygens (including phenoxy) is 4. The van der Waals surface area contributed by atoms with Gasteiger partial charge in [0.15, 0.2) is 6.10 Å². The Balaban J connectivity index is 1.74. The third-order valence-corrected chi connectivity index (χ3v) is 4.80. The zero-order valence-corrected chi connectivity index (χ0v) is 18.8. The fraction of sp³-hybridized carbons (Fsp3) is 0.360. The van der Waals surface area contributed by atoms with E-state index in [1.54, 1.807) is 25.1 Å². The van der Waals surface area contributed by atoms with Gasteiger partial charge in [-0.25, -0.2) is 4.79 Å². The molecule has 7 heteroatoms. The number of carbonyl (C=O) groups excluding carboxylic acids is 1. The standard InChI is InChI=1S/C25H28O7/c1-5-28-12-13-29-25(27)17(4)31-18-10-11-20-22(14-18)30-15-23(24(20)26)32-21-9-7-6-8-19(21)16(2)3/h6-11,14-17H,5,12-13H2,1-4H3. The molecule has 0 N–H and O–H groups in total. The fourth-order valence-corrected chi connectivity index (χ4v) is 3.12. The van der Waals surface area contributed by atoms with Crippen molar-refractivity contribution in [3.63, 3.8) is 0 Å². The lowest BCUT2D eigenvalue weighted by molar-refractivity contribution is -0.152. The molecule has 0 aliphatic carbocycles. The molecule has 3 aromatic rings. The van der Waals surface area contributed by atoms with E-state index in [0.29, 0.717) is 35.7 Å². The van der Waals surface area contributed by atoms with Crippen LogP contribution in [0.15, 0.2) is 57.9 Å². The molecule has 0 spiro atoms. The SMILES string of the molecule is CCOCCOC(=O)C(C)Oc1ccc2c(=O)c(Oc3ccccc3C(C)C)coc2c1. The van der Waals surface area contributed by atoms with E-state index in [1.807, 2.05) is 31.2 Å². The largest absolute Gasteiger partial charge is 0.479 e. The summed E-state index contributed by atoms with van der Waals surface area (Å²) in [5.74, 6) is 0.843. The summed E-state index contributed by atoms with van der Waals surface area (Å²) in [5.41, 5.74) is 1.03. The monoisotopic (exact) mass is 440 g/mol. The van der Waals surface area contributed by atoms with Gasteiger partial charge in [0, 0.05) is 12.7 Å². The smallest absolute Gasteiger partial charge is 0.347 e. The molecule has 1 unspecified atom stereocenters. The molecule has 0 fully saturated rings. The highest BCUT2D eigenvalue weighted by Gasteiger charge is 2.18. The fourth-order valence-electron chi connectivity index (χ4n) is 3.12. The predicted molar refractivity (Wildman–Crippen MR) is 121 cm³/mol. The summed E-state index contributed by atoms with van der Waals surface area (Å²) in [7, 11) is 0. The van der Waals surface area contributed by atoms with Crippen LogP contribution in [0.5, 0.6) is 17.2 Å². The minimum atomic E-state index is -0.823. The van der Waals surface area contributed by atoms with Crippen LogP contribution < -0.4 is 14.9 Å². The Morgan fingerprint density at radius 2 is 1.81 bits per heavy atom. The van der Waals surface area contributed by atoms with Crippen molar-refractivity contribution in [3.8, 4) is 17.2 Å². The second-order valence-corrected chi connectivity index (χ2v) is 7.51. The van der Waals surface area contributed by atoms with E-state index >= 15 is 0 Å². The minimum Gasteiger partial charge on any atom is -0.479 e. The van der Waals surface area contributed by atoms with E-state index in [-0.39, 0.29) is 23.7 Å². The van der Waals surface area contributed by atoms with Crippen LogP contribution in [0, 0.1) is 0 Å². The summed E-state index contributed by atoms with van der Waals surface area (Å²) in [6.45, 7) is 8.63. The molecule has 2 aromatic carbocycles. The highest BCUT2D eigenvalue weighted by Crippen LogP contribution is 2.30. The summed E-state index contributed by atoms with van der Waals surface area (Å²) < 4.78 is 27.4. The molecule has 32 heavy (non-hydrogen) atoms. The third-order valence-electron chi connectivity index (χ3n) is 4.80. The van der Waals surface area contributed by atoms with Gasteiger partial charge in [-0.2, -0.15) is 0 Å². The summed E-state index contributed by atoms with van der Waals surface area (Å²) in [6.07, 6.45) is 0.465. The Morgan fingerprint density at radius 1 is 1.03 bits per heavy atom. The maximum Gasteiger partial charge on any atom is 0.347 e. The summed E-state index contributed by atoms with van der Waals surface area (Å²) in [6, 6.07) is 12.3. The van der Waals surface area contributed by atoms with Gasteiger partial charge in [0.25, 0.3) is 0 Å². The first-order valence-electron chi connectivity index (χ1n) is 10.6. The molecule has 0 aliphatic heterocycles. The first-order valence-corrected chi connectivity index (χ1v) is 10.6.